The van der Waals surface area contributed by atoms with Gasteiger partial charge in [-0.1, -0.05) is 237 Å². The van der Waals surface area contributed by atoms with E-state index >= 15 is 0 Å². The zero-order valence-electron chi connectivity index (χ0n) is 46.1. The van der Waals surface area contributed by atoms with Gasteiger partial charge in [0.1, 0.15) is 48.8 Å². The van der Waals surface area contributed by atoms with E-state index in [1.165, 1.54) is 186 Å². The molecule has 2 heterocycles. The summed E-state index contributed by atoms with van der Waals surface area (Å²) in [6, 6.07) is -0.927. The van der Waals surface area contributed by atoms with Crippen LogP contribution in [0.5, 0.6) is 0 Å². The van der Waals surface area contributed by atoms with Crippen LogP contribution in [0.1, 0.15) is 251 Å². The summed E-state index contributed by atoms with van der Waals surface area (Å²) < 4.78 is 22.8. The maximum absolute atomic E-state index is 13.2. The topological polar surface area (TPSA) is 228 Å². The van der Waals surface area contributed by atoms with E-state index in [1.54, 1.807) is 6.08 Å². The zero-order valence-corrected chi connectivity index (χ0v) is 46.1. The van der Waals surface area contributed by atoms with Crippen LogP contribution in [0.2, 0.25) is 0 Å². The number of aliphatic hydroxyl groups is 8. The Morgan fingerprint density at radius 2 is 0.877 bits per heavy atom. The van der Waals surface area contributed by atoms with Gasteiger partial charge in [-0.2, -0.15) is 0 Å². The number of carbonyl (C=O) groups excluding carboxylic acids is 1. The van der Waals surface area contributed by atoms with Gasteiger partial charge in [0.25, 0.3) is 0 Å². The first-order chi connectivity index (χ1) is 35.6. The van der Waals surface area contributed by atoms with Crippen molar-refractivity contribution >= 4 is 5.91 Å². The first-order valence-electron chi connectivity index (χ1n) is 30.1. The summed E-state index contributed by atoms with van der Waals surface area (Å²) >= 11 is 0. The van der Waals surface area contributed by atoms with Crippen molar-refractivity contribution in [3.63, 3.8) is 0 Å². The molecule has 12 atom stereocenters. The summed E-state index contributed by atoms with van der Waals surface area (Å²) in [5.74, 6) is -0.245. The number of allylic oxidation sites excluding steroid dienone is 3. The van der Waals surface area contributed by atoms with Crippen molar-refractivity contribution in [2.75, 3.05) is 19.8 Å². The predicted octanol–water partition coefficient (Wildman–Crippen LogP) is 10.1. The Hall–Kier alpha value is -1.53. The molecule has 12 unspecified atom stereocenters. The summed E-state index contributed by atoms with van der Waals surface area (Å²) in [6.07, 6.45) is 36.5. The molecule has 2 rings (SSSR count). The molecule has 430 valence electrons. The number of hydrogen-bond donors (Lipinski definition) is 9. The minimum atomic E-state index is -1.79. The molecule has 0 spiro atoms. The van der Waals surface area contributed by atoms with Crippen molar-refractivity contribution < 1.29 is 64.6 Å². The molecule has 0 bridgehead atoms. The van der Waals surface area contributed by atoms with Crippen molar-refractivity contribution in [3.05, 3.63) is 24.3 Å². The molecule has 1 amide bonds. The van der Waals surface area contributed by atoms with Crippen molar-refractivity contribution in [2.45, 2.75) is 325 Å². The third-order valence-corrected chi connectivity index (χ3v) is 14.9. The second-order valence-electron chi connectivity index (χ2n) is 21.5. The van der Waals surface area contributed by atoms with Gasteiger partial charge in [0, 0.05) is 6.42 Å². The summed E-state index contributed by atoms with van der Waals surface area (Å²) in [5, 5.41) is 87.1. The van der Waals surface area contributed by atoms with Gasteiger partial charge < -0.3 is 65.1 Å². The number of rotatable bonds is 48. The van der Waals surface area contributed by atoms with Gasteiger partial charge in [0.2, 0.25) is 5.91 Å². The molecule has 0 aromatic carbocycles. The van der Waals surface area contributed by atoms with E-state index in [-0.39, 0.29) is 18.9 Å². The van der Waals surface area contributed by atoms with Gasteiger partial charge >= 0.3 is 0 Å². The molecule has 2 fully saturated rings. The second-order valence-corrected chi connectivity index (χ2v) is 21.5. The van der Waals surface area contributed by atoms with Gasteiger partial charge in [-0.15, -0.1) is 0 Å². The van der Waals surface area contributed by atoms with Crippen molar-refractivity contribution in [1.82, 2.24) is 5.32 Å². The molecule has 2 aliphatic heterocycles. The minimum Gasteiger partial charge on any atom is -0.394 e. The number of carbonyl (C=O) groups is 1. The lowest BCUT2D eigenvalue weighted by Crippen LogP contribution is -2.65. The Balaban J connectivity index is 1.78. The number of unbranched alkanes of at least 4 members (excludes halogenated alkanes) is 33. The lowest BCUT2D eigenvalue weighted by atomic mass is 9.97. The summed E-state index contributed by atoms with van der Waals surface area (Å²) in [6.45, 7) is 2.81. The number of amides is 1. The third kappa shape index (κ3) is 31.5. The molecule has 0 radical (unpaired) electrons. The van der Waals surface area contributed by atoms with E-state index in [1.807, 2.05) is 6.08 Å². The number of nitrogens with one attached hydrogen (secondary N) is 1. The molecule has 14 nitrogen and oxygen atoms in total. The van der Waals surface area contributed by atoms with Crippen molar-refractivity contribution in [2.24, 2.45) is 0 Å². The maximum atomic E-state index is 13.2. The first kappa shape index (κ1) is 67.6. The number of ether oxygens (including phenoxy) is 4. The molecular weight excluding hydrogens is 931 g/mol. The zero-order chi connectivity index (χ0) is 53.2. The highest BCUT2D eigenvalue weighted by molar-refractivity contribution is 5.76. The van der Waals surface area contributed by atoms with Crippen LogP contribution in [0.4, 0.5) is 0 Å². The van der Waals surface area contributed by atoms with E-state index in [2.05, 4.69) is 31.3 Å². The van der Waals surface area contributed by atoms with Crippen LogP contribution < -0.4 is 5.32 Å². The first-order valence-corrected chi connectivity index (χ1v) is 30.1. The van der Waals surface area contributed by atoms with Crippen LogP contribution in [0.3, 0.4) is 0 Å². The van der Waals surface area contributed by atoms with Crippen molar-refractivity contribution in [3.8, 4) is 0 Å². The molecule has 9 N–H and O–H groups in total. The van der Waals surface area contributed by atoms with Crippen LogP contribution in [-0.4, -0.2) is 140 Å². The summed E-state index contributed by atoms with van der Waals surface area (Å²) in [7, 11) is 0. The monoisotopic (exact) mass is 1040 g/mol. The highest BCUT2D eigenvalue weighted by Crippen LogP contribution is 2.30. The van der Waals surface area contributed by atoms with E-state index < -0.39 is 86.8 Å². The molecule has 0 aromatic rings. The minimum absolute atomic E-state index is 0.245. The van der Waals surface area contributed by atoms with Crippen LogP contribution in [0.25, 0.3) is 0 Å². The molecule has 73 heavy (non-hydrogen) atoms. The lowest BCUT2D eigenvalue weighted by Gasteiger charge is -2.46. The van der Waals surface area contributed by atoms with Gasteiger partial charge in [0.05, 0.1) is 32.0 Å². The van der Waals surface area contributed by atoms with Crippen molar-refractivity contribution in [1.29, 1.82) is 0 Å². The van der Waals surface area contributed by atoms with Gasteiger partial charge in [0.15, 0.2) is 12.6 Å². The Bertz CT molecular complexity index is 1320. The average molecular weight is 1040 g/mol. The highest BCUT2D eigenvalue weighted by Gasteiger charge is 2.51. The van der Waals surface area contributed by atoms with Crippen LogP contribution in [0, 0.1) is 0 Å². The quantitative estimate of drug-likeness (QED) is 0.0204. The molecule has 14 heteroatoms. The summed E-state index contributed by atoms with van der Waals surface area (Å²) in [4.78, 5) is 13.2. The number of aliphatic hydroxyl groups excluding tert-OH is 8. The molecule has 0 aliphatic carbocycles. The second kappa shape index (κ2) is 45.5. The van der Waals surface area contributed by atoms with E-state index in [0.717, 1.165) is 32.1 Å². The van der Waals surface area contributed by atoms with Gasteiger partial charge in [-0.05, 0) is 32.1 Å². The number of hydrogen-bond acceptors (Lipinski definition) is 13. The van der Waals surface area contributed by atoms with Gasteiger partial charge in [-0.3, -0.25) is 4.79 Å². The molecular formula is C59H111NO13. The molecule has 2 saturated heterocycles. The fourth-order valence-corrected chi connectivity index (χ4v) is 10.0. The highest BCUT2D eigenvalue weighted by atomic mass is 16.7. The lowest BCUT2D eigenvalue weighted by molar-refractivity contribution is -0.359. The Morgan fingerprint density at radius 3 is 1.34 bits per heavy atom. The van der Waals surface area contributed by atoms with E-state index in [4.69, 9.17) is 18.9 Å². The largest absolute Gasteiger partial charge is 0.394 e. The van der Waals surface area contributed by atoms with E-state index in [9.17, 15) is 45.6 Å². The fraction of sp³-hybridized carbons (Fsp3) is 0.915. The third-order valence-electron chi connectivity index (χ3n) is 14.9. The molecule has 0 saturated carbocycles. The smallest absolute Gasteiger partial charge is 0.220 e. The molecule has 2 aliphatic rings. The molecule has 0 aromatic heterocycles. The maximum Gasteiger partial charge on any atom is 0.220 e. The predicted molar refractivity (Wildman–Crippen MR) is 291 cm³/mol. The average Bonchev–Trinajstić information content (AvgIpc) is 3.39. The van der Waals surface area contributed by atoms with E-state index in [0.29, 0.717) is 12.8 Å². The van der Waals surface area contributed by atoms with Crippen LogP contribution in [-0.2, 0) is 23.7 Å². The Labute approximate surface area is 443 Å². The standard InChI is InChI=1S/C59H111NO13/c1-3-5-7-9-11-13-15-17-19-21-22-23-24-25-27-28-30-32-34-36-38-40-42-48(63)47(60-51(64)43-41-39-37-35-33-31-29-26-20-18-16-14-12-10-8-6-4-2)46-70-58-56(69)54(67)57(50(45-62)72-58)73-59-55(68)53(66)52(65)49(44-61)71-59/h32,34,40,42,47-50,52-59,61-63,65-69H,3-31,33,35-39,41,43-46H2,1-2H3,(H,60,64)/b34-32+,42-40+. The van der Waals surface area contributed by atoms with Crippen LogP contribution >= 0.6 is 0 Å². The van der Waals surface area contributed by atoms with Crippen LogP contribution in [0.15, 0.2) is 24.3 Å². The normalized spacial score (nSPS) is 25.5. The SMILES string of the molecule is CCCCCCCCCCCCCCCCCC/C=C/CC/C=C/C(O)C(COC1OC(CO)C(OC2OC(CO)C(O)C(O)C2O)C(O)C1O)NC(=O)CCCCCCCCCCCCCCCCCCC. The summed E-state index contributed by atoms with van der Waals surface area (Å²) in [5.41, 5.74) is 0. The fourth-order valence-electron chi connectivity index (χ4n) is 10.0. The Morgan fingerprint density at radius 1 is 0.479 bits per heavy atom. The Kier molecular flexibility index (Phi) is 42.1. The van der Waals surface area contributed by atoms with Gasteiger partial charge in [-0.25, -0.2) is 0 Å².